The standard InChI is InChI=1S/C26H26ClFN6O/c1-15-5-3-7-19(16(15)2)26(35)34-8-4-6-17(14-34)10-29-25-22(28)13-32-24(33-25)21-12-31-23-20(21)9-18(27)11-30-23/h3,5,7,9,11-13,17H,4,6,8,10,14H2,1-2H3,(H,30,31)(H,29,32,33)/t17-/m1/s1. The molecule has 9 heteroatoms. The number of carbonyl (C=O) groups is 1. The summed E-state index contributed by atoms with van der Waals surface area (Å²) in [5, 5.41) is 4.41. The summed E-state index contributed by atoms with van der Waals surface area (Å²) in [6.45, 7) is 5.85. The number of anilines is 1. The van der Waals surface area contributed by atoms with Gasteiger partial charge in [0.1, 0.15) is 5.65 Å². The molecule has 0 saturated carbocycles. The number of piperidine rings is 1. The van der Waals surface area contributed by atoms with Crippen LogP contribution in [0.5, 0.6) is 0 Å². The fourth-order valence-electron chi connectivity index (χ4n) is 4.59. The van der Waals surface area contributed by atoms with E-state index in [9.17, 15) is 9.18 Å². The summed E-state index contributed by atoms with van der Waals surface area (Å²) in [5.74, 6) is 0.227. The van der Waals surface area contributed by atoms with Crippen LogP contribution in [0.25, 0.3) is 22.4 Å². The SMILES string of the molecule is Cc1cccc(C(=O)N2CCC[C@H](CNc3nc(-c4c[nH]c5ncc(Cl)cc45)ncc3F)C2)c1C. The number of aromatic nitrogens is 4. The first-order chi connectivity index (χ1) is 16.9. The second kappa shape index (κ2) is 9.62. The molecule has 1 fully saturated rings. The smallest absolute Gasteiger partial charge is 0.254 e. The van der Waals surface area contributed by atoms with Gasteiger partial charge in [0.25, 0.3) is 5.91 Å². The summed E-state index contributed by atoms with van der Waals surface area (Å²) in [5.41, 5.74) is 4.22. The van der Waals surface area contributed by atoms with Gasteiger partial charge in [0.05, 0.1) is 11.2 Å². The number of rotatable bonds is 5. The highest BCUT2D eigenvalue weighted by Gasteiger charge is 2.26. The molecule has 1 aliphatic heterocycles. The molecule has 1 saturated heterocycles. The number of hydrogen-bond donors (Lipinski definition) is 2. The predicted octanol–water partition coefficient (Wildman–Crippen LogP) is 5.39. The van der Waals surface area contributed by atoms with Crippen molar-refractivity contribution in [2.24, 2.45) is 5.92 Å². The molecule has 7 nitrogen and oxygen atoms in total. The van der Waals surface area contributed by atoms with E-state index in [0.717, 1.165) is 41.5 Å². The monoisotopic (exact) mass is 492 g/mol. The number of nitrogens with one attached hydrogen (secondary N) is 2. The van der Waals surface area contributed by atoms with Gasteiger partial charge in [-0.1, -0.05) is 23.7 Å². The number of halogens is 2. The van der Waals surface area contributed by atoms with E-state index in [2.05, 4.69) is 25.3 Å². The van der Waals surface area contributed by atoms with E-state index < -0.39 is 5.82 Å². The van der Waals surface area contributed by atoms with Crippen LogP contribution in [0.4, 0.5) is 10.2 Å². The second-order valence-electron chi connectivity index (χ2n) is 9.03. The fraction of sp³-hybridized carbons (Fsp3) is 0.308. The Kier molecular flexibility index (Phi) is 6.38. The van der Waals surface area contributed by atoms with Gasteiger partial charge < -0.3 is 15.2 Å². The first-order valence-corrected chi connectivity index (χ1v) is 12.0. The molecule has 3 aromatic heterocycles. The van der Waals surface area contributed by atoms with Crippen molar-refractivity contribution >= 4 is 34.4 Å². The summed E-state index contributed by atoms with van der Waals surface area (Å²) in [6.07, 6.45) is 6.32. The molecule has 0 aliphatic carbocycles. The van der Waals surface area contributed by atoms with Crippen LogP contribution in [0.3, 0.4) is 0 Å². The number of fused-ring (bicyclic) bond motifs is 1. The minimum Gasteiger partial charge on any atom is -0.367 e. The van der Waals surface area contributed by atoms with E-state index in [1.165, 1.54) is 6.20 Å². The third-order valence-electron chi connectivity index (χ3n) is 6.68. The molecule has 0 unspecified atom stereocenters. The zero-order valence-corrected chi connectivity index (χ0v) is 20.4. The zero-order valence-electron chi connectivity index (χ0n) is 19.6. The van der Waals surface area contributed by atoms with Crippen LogP contribution >= 0.6 is 11.6 Å². The molecule has 180 valence electrons. The van der Waals surface area contributed by atoms with Gasteiger partial charge in [-0.05, 0) is 55.9 Å². The van der Waals surface area contributed by atoms with Crippen molar-refractivity contribution in [2.45, 2.75) is 26.7 Å². The molecule has 35 heavy (non-hydrogen) atoms. The van der Waals surface area contributed by atoms with Crippen molar-refractivity contribution in [3.8, 4) is 11.4 Å². The Hall–Kier alpha value is -3.52. The number of amides is 1. The molecule has 1 aromatic carbocycles. The lowest BCUT2D eigenvalue weighted by atomic mass is 9.96. The van der Waals surface area contributed by atoms with Crippen molar-refractivity contribution in [1.29, 1.82) is 0 Å². The lowest BCUT2D eigenvalue weighted by Crippen LogP contribution is -2.42. The topological polar surface area (TPSA) is 86.8 Å². The molecule has 0 spiro atoms. The maximum atomic E-state index is 14.6. The van der Waals surface area contributed by atoms with Crippen LogP contribution in [0.2, 0.25) is 5.02 Å². The number of benzene rings is 1. The number of H-pyrrole nitrogens is 1. The number of pyridine rings is 1. The zero-order chi connectivity index (χ0) is 24.5. The highest BCUT2D eigenvalue weighted by Crippen LogP contribution is 2.28. The Morgan fingerprint density at radius 2 is 2.14 bits per heavy atom. The first kappa shape index (κ1) is 23.2. The fourth-order valence-corrected chi connectivity index (χ4v) is 4.75. The van der Waals surface area contributed by atoms with Gasteiger partial charge in [-0.25, -0.2) is 19.3 Å². The Bertz CT molecular complexity index is 1400. The summed E-state index contributed by atoms with van der Waals surface area (Å²) in [6, 6.07) is 7.60. The molecule has 2 N–H and O–H groups in total. The number of aryl methyl sites for hydroxylation is 1. The van der Waals surface area contributed by atoms with Gasteiger partial charge in [0.2, 0.25) is 0 Å². The summed E-state index contributed by atoms with van der Waals surface area (Å²) in [7, 11) is 0. The highest BCUT2D eigenvalue weighted by atomic mass is 35.5. The lowest BCUT2D eigenvalue weighted by Gasteiger charge is -2.33. The van der Waals surface area contributed by atoms with Gasteiger partial charge in [-0.2, -0.15) is 0 Å². The molecule has 4 aromatic rings. The number of carbonyl (C=O) groups excluding carboxylic acids is 1. The van der Waals surface area contributed by atoms with E-state index >= 15 is 0 Å². The molecule has 1 amide bonds. The third-order valence-corrected chi connectivity index (χ3v) is 6.89. The normalized spacial score (nSPS) is 16.0. The maximum absolute atomic E-state index is 14.6. The third kappa shape index (κ3) is 4.71. The minimum absolute atomic E-state index is 0.0537. The van der Waals surface area contributed by atoms with Crippen LogP contribution in [0.15, 0.2) is 42.9 Å². The van der Waals surface area contributed by atoms with Gasteiger partial charge >= 0.3 is 0 Å². The Labute approximate surface area is 207 Å². The van der Waals surface area contributed by atoms with Crippen molar-refractivity contribution < 1.29 is 9.18 Å². The Morgan fingerprint density at radius 3 is 3.00 bits per heavy atom. The summed E-state index contributed by atoms with van der Waals surface area (Å²) in [4.78, 5) is 31.0. The second-order valence-corrected chi connectivity index (χ2v) is 9.47. The average molecular weight is 493 g/mol. The Balaban J connectivity index is 1.30. The van der Waals surface area contributed by atoms with E-state index in [-0.39, 0.29) is 17.6 Å². The van der Waals surface area contributed by atoms with E-state index in [0.29, 0.717) is 35.1 Å². The molecule has 1 aliphatic rings. The van der Waals surface area contributed by atoms with Crippen molar-refractivity contribution in [3.05, 3.63) is 70.4 Å². The van der Waals surface area contributed by atoms with Crippen LogP contribution < -0.4 is 5.32 Å². The van der Waals surface area contributed by atoms with Crippen molar-refractivity contribution in [1.82, 2.24) is 24.8 Å². The van der Waals surface area contributed by atoms with Crippen LogP contribution in [0, 0.1) is 25.6 Å². The molecule has 0 radical (unpaired) electrons. The number of nitrogens with zero attached hydrogens (tertiary/aromatic N) is 4. The molecule has 5 rings (SSSR count). The van der Waals surface area contributed by atoms with Gasteiger partial charge in [-0.15, -0.1) is 0 Å². The number of likely N-dealkylation sites (tertiary alicyclic amines) is 1. The van der Waals surface area contributed by atoms with E-state index in [1.807, 2.05) is 36.9 Å². The predicted molar refractivity (Wildman–Crippen MR) is 135 cm³/mol. The van der Waals surface area contributed by atoms with E-state index in [4.69, 9.17) is 11.6 Å². The van der Waals surface area contributed by atoms with Crippen molar-refractivity contribution in [2.75, 3.05) is 25.0 Å². The van der Waals surface area contributed by atoms with Crippen LogP contribution in [0.1, 0.15) is 34.3 Å². The molecule has 4 heterocycles. The Morgan fingerprint density at radius 1 is 1.29 bits per heavy atom. The largest absolute Gasteiger partial charge is 0.367 e. The minimum atomic E-state index is -0.524. The lowest BCUT2D eigenvalue weighted by molar-refractivity contribution is 0.0679. The first-order valence-electron chi connectivity index (χ1n) is 11.7. The van der Waals surface area contributed by atoms with E-state index in [1.54, 1.807) is 18.5 Å². The summed E-state index contributed by atoms with van der Waals surface area (Å²) < 4.78 is 14.6. The van der Waals surface area contributed by atoms with Gasteiger partial charge in [0.15, 0.2) is 17.5 Å². The highest BCUT2D eigenvalue weighted by molar-refractivity contribution is 6.31. The molecular weight excluding hydrogens is 467 g/mol. The van der Waals surface area contributed by atoms with Crippen molar-refractivity contribution in [3.63, 3.8) is 0 Å². The summed E-state index contributed by atoms with van der Waals surface area (Å²) >= 11 is 6.10. The quantitative estimate of drug-likeness (QED) is 0.390. The molecule has 0 bridgehead atoms. The average Bonchev–Trinajstić information content (AvgIpc) is 3.28. The number of aromatic amines is 1. The van der Waals surface area contributed by atoms with Crippen LogP contribution in [-0.2, 0) is 0 Å². The number of hydrogen-bond acceptors (Lipinski definition) is 5. The molecule has 1 atom stereocenters. The van der Waals surface area contributed by atoms with Gasteiger partial charge in [-0.3, -0.25) is 4.79 Å². The van der Waals surface area contributed by atoms with Crippen LogP contribution in [-0.4, -0.2) is 50.4 Å². The molecular formula is C26H26ClFN6O. The maximum Gasteiger partial charge on any atom is 0.254 e. The van der Waals surface area contributed by atoms with Gasteiger partial charge in [0, 0.05) is 48.5 Å².